The number of hydrogen-bond donors (Lipinski definition) is 0. The molecule has 1 saturated carbocycles. The summed E-state index contributed by atoms with van der Waals surface area (Å²) in [6.07, 6.45) is 9.68. The van der Waals surface area contributed by atoms with E-state index in [1.807, 2.05) is 0 Å². The molecule has 1 aromatic rings. The van der Waals surface area contributed by atoms with Crippen molar-refractivity contribution in [3.05, 3.63) is 29.8 Å². The van der Waals surface area contributed by atoms with Crippen molar-refractivity contribution in [1.82, 2.24) is 0 Å². The first-order chi connectivity index (χ1) is 11.1. The lowest BCUT2D eigenvalue weighted by Crippen LogP contribution is -2.24. The lowest BCUT2D eigenvalue weighted by molar-refractivity contribution is 0.152. The van der Waals surface area contributed by atoms with E-state index in [4.69, 9.17) is 4.74 Å². The SMILES string of the molecule is CCC(C)CCC(C)C1CCC(COc2ccc(C)cc2)CC1. The van der Waals surface area contributed by atoms with E-state index < -0.39 is 0 Å². The average molecular weight is 317 g/mol. The van der Waals surface area contributed by atoms with Crippen molar-refractivity contribution >= 4 is 0 Å². The maximum atomic E-state index is 5.99. The Hall–Kier alpha value is -0.980. The predicted octanol–water partition coefficient (Wildman–Crippen LogP) is 6.64. The van der Waals surface area contributed by atoms with E-state index >= 15 is 0 Å². The zero-order valence-electron chi connectivity index (χ0n) is 15.7. The molecule has 1 fully saturated rings. The molecule has 2 unspecified atom stereocenters. The van der Waals surface area contributed by atoms with Gasteiger partial charge in [0.05, 0.1) is 6.61 Å². The number of aryl methyl sites for hydroxylation is 1. The van der Waals surface area contributed by atoms with E-state index in [1.165, 1.54) is 50.5 Å². The first-order valence-electron chi connectivity index (χ1n) is 9.78. The Morgan fingerprint density at radius 2 is 1.65 bits per heavy atom. The molecule has 0 saturated heterocycles. The Morgan fingerprint density at radius 3 is 2.26 bits per heavy atom. The fourth-order valence-electron chi connectivity index (χ4n) is 3.76. The van der Waals surface area contributed by atoms with Gasteiger partial charge in [0, 0.05) is 0 Å². The van der Waals surface area contributed by atoms with Gasteiger partial charge in [-0.15, -0.1) is 0 Å². The minimum atomic E-state index is 0.759. The van der Waals surface area contributed by atoms with Gasteiger partial charge >= 0.3 is 0 Å². The molecule has 1 heteroatoms. The van der Waals surface area contributed by atoms with Gasteiger partial charge in [-0.2, -0.15) is 0 Å². The zero-order valence-corrected chi connectivity index (χ0v) is 15.7. The highest BCUT2D eigenvalue weighted by molar-refractivity contribution is 5.26. The molecule has 1 aliphatic rings. The van der Waals surface area contributed by atoms with E-state index in [2.05, 4.69) is 52.0 Å². The van der Waals surface area contributed by atoms with Crippen LogP contribution >= 0.6 is 0 Å². The molecule has 1 aromatic carbocycles. The van der Waals surface area contributed by atoms with Gasteiger partial charge in [0.15, 0.2) is 0 Å². The Morgan fingerprint density at radius 1 is 1.00 bits per heavy atom. The summed E-state index contributed by atoms with van der Waals surface area (Å²) in [5, 5.41) is 0. The van der Waals surface area contributed by atoms with Crippen LogP contribution in [0.15, 0.2) is 24.3 Å². The van der Waals surface area contributed by atoms with Crippen LogP contribution in [-0.2, 0) is 0 Å². The van der Waals surface area contributed by atoms with Gasteiger partial charge in [0.1, 0.15) is 5.75 Å². The third-order valence-corrected chi connectivity index (χ3v) is 6.01. The van der Waals surface area contributed by atoms with Gasteiger partial charge in [-0.3, -0.25) is 0 Å². The molecule has 2 rings (SSSR count). The van der Waals surface area contributed by atoms with E-state index in [-0.39, 0.29) is 0 Å². The Labute approximate surface area is 143 Å². The Balaban J connectivity index is 1.66. The van der Waals surface area contributed by atoms with Crippen molar-refractivity contribution in [3.63, 3.8) is 0 Å². The number of benzene rings is 1. The first kappa shape index (κ1) is 18.4. The maximum Gasteiger partial charge on any atom is 0.119 e. The summed E-state index contributed by atoms with van der Waals surface area (Å²) in [6, 6.07) is 8.45. The molecular weight excluding hydrogens is 280 g/mol. The topological polar surface area (TPSA) is 9.23 Å². The predicted molar refractivity (Wildman–Crippen MR) is 100.0 cm³/mol. The first-order valence-corrected chi connectivity index (χ1v) is 9.78. The number of hydrogen-bond acceptors (Lipinski definition) is 1. The van der Waals surface area contributed by atoms with Crippen LogP contribution in [0.4, 0.5) is 0 Å². The molecule has 130 valence electrons. The second-order valence-electron chi connectivity index (χ2n) is 7.97. The molecule has 0 N–H and O–H groups in total. The highest BCUT2D eigenvalue weighted by Gasteiger charge is 2.25. The Bertz CT molecular complexity index is 428. The van der Waals surface area contributed by atoms with Crippen molar-refractivity contribution in [2.24, 2.45) is 23.7 Å². The van der Waals surface area contributed by atoms with Crippen LogP contribution in [-0.4, -0.2) is 6.61 Å². The van der Waals surface area contributed by atoms with Crippen molar-refractivity contribution in [1.29, 1.82) is 0 Å². The van der Waals surface area contributed by atoms with Crippen LogP contribution in [0.2, 0.25) is 0 Å². The highest BCUT2D eigenvalue weighted by Crippen LogP contribution is 2.36. The third kappa shape index (κ3) is 6.20. The number of ether oxygens (including phenoxy) is 1. The molecule has 1 aliphatic carbocycles. The lowest BCUT2D eigenvalue weighted by atomic mass is 9.75. The molecular formula is C22H36O. The van der Waals surface area contributed by atoms with Gasteiger partial charge in [-0.05, 0) is 68.4 Å². The van der Waals surface area contributed by atoms with Crippen LogP contribution in [0, 0.1) is 30.6 Å². The van der Waals surface area contributed by atoms with Gasteiger partial charge in [-0.25, -0.2) is 0 Å². The monoisotopic (exact) mass is 316 g/mol. The van der Waals surface area contributed by atoms with E-state index in [0.29, 0.717) is 0 Å². The molecule has 0 spiro atoms. The van der Waals surface area contributed by atoms with Gasteiger partial charge in [0.25, 0.3) is 0 Å². The summed E-state index contributed by atoms with van der Waals surface area (Å²) in [5.41, 5.74) is 1.30. The summed E-state index contributed by atoms with van der Waals surface area (Å²) in [5.74, 6) is 4.54. The van der Waals surface area contributed by atoms with Gasteiger partial charge in [0.2, 0.25) is 0 Å². The molecule has 2 atom stereocenters. The normalized spacial score (nSPS) is 24.2. The Kier molecular flexibility index (Phi) is 7.46. The van der Waals surface area contributed by atoms with Crippen molar-refractivity contribution in [2.75, 3.05) is 6.61 Å². The summed E-state index contributed by atoms with van der Waals surface area (Å²) in [7, 11) is 0. The minimum absolute atomic E-state index is 0.759. The fraction of sp³-hybridized carbons (Fsp3) is 0.727. The zero-order chi connectivity index (χ0) is 16.7. The second kappa shape index (κ2) is 9.35. The maximum absolute atomic E-state index is 5.99. The van der Waals surface area contributed by atoms with Gasteiger partial charge < -0.3 is 4.74 Å². The van der Waals surface area contributed by atoms with Gasteiger partial charge in [-0.1, -0.05) is 57.7 Å². The minimum Gasteiger partial charge on any atom is -0.493 e. The van der Waals surface area contributed by atoms with Crippen molar-refractivity contribution in [3.8, 4) is 5.75 Å². The third-order valence-electron chi connectivity index (χ3n) is 6.01. The van der Waals surface area contributed by atoms with Crippen molar-refractivity contribution in [2.45, 2.75) is 72.6 Å². The van der Waals surface area contributed by atoms with Crippen LogP contribution in [0.25, 0.3) is 0 Å². The molecule has 0 bridgehead atoms. The molecule has 0 aliphatic heterocycles. The molecule has 0 heterocycles. The molecule has 0 amide bonds. The molecule has 0 radical (unpaired) electrons. The van der Waals surface area contributed by atoms with E-state index in [1.54, 1.807) is 0 Å². The molecule has 23 heavy (non-hydrogen) atoms. The van der Waals surface area contributed by atoms with E-state index in [9.17, 15) is 0 Å². The summed E-state index contributed by atoms with van der Waals surface area (Å²) >= 11 is 0. The fourth-order valence-corrected chi connectivity index (χ4v) is 3.76. The second-order valence-corrected chi connectivity index (χ2v) is 7.97. The van der Waals surface area contributed by atoms with Crippen LogP contribution in [0.3, 0.4) is 0 Å². The lowest BCUT2D eigenvalue weighted by Gasteiger charge is -2.32. The van der Waals surface area contributed by atoms with Crippen molar-refractivity contribution < 1.29 is 4.74 Å². The standard InChI is InChI=1S/C22H36O/c1-5-17(2)6-9-19(4)21-12-10-20(11-13-21)16-23-22-14-7-18(3)8-15-22/h7-8,14-15,17,19-21H,5-6,9-13,16H2,1-4H3. The number of rotatable bonds is 8. The summed E-state index contributed by atoms with van der Waals surface area (Å²) < 4.78 is 5.99. The highest BCUT2D eigenvalue weighted by atomic mass is 16.5. The van der Waals surface area contributed by atoms with Crippen LogP contribution < -0.4 is 4.74 Å². The largest absolute Gasteiger partial charge is 0.493 e. The quantitative estimate of drug-likeness (QED) is 0.522. The van der Waals surface area contributed by atoms with E-state index in [0.717, 1.165) is 36.0 Å². The van der Waals surface area contributed by atoms with Crippen LogP contribution in [0.1, 0.15) is 71.3 Å². The average Bonchev–Trinajstić information content (AvgIpc) is 2.59. The van der Waals surface area contributed by atoms with Crippen LogP contribution in [0.5, 0.6) is 5.75 Å². The molecule has 1 nitrogen and oxygen atoms in total. The summed E-state index contributed by atoms with van der Waals surface area (Å²) in [4.78, 5) is 0. The molecule has 0 aromatic heterocycles. The smallest absolute Gasteiger partial charge is 0.119 e. The summed E-state index contributed by atoms with van der Waals surface area (Å²) in [6.45, 7) is 10.2.